The molecule has 2 aromatic rings. The van der Waals surface area contributed by atoms with E-state index in [1.54, 1.807) is 23.5 Å². The van der Waals surface area contributed by atoms with E-state index in [1.807, 2.05) is 12.1 Å². The van der Waals surface area contributed by atoms with Gasteiger partial charge in [-0.15, -0.1) is 0 Å². The minimum atomic E-state index is 0.321. The molecule has 2 N–H and O–H groups in total. The quantitative estimate of drug-likeness (QED) is 0.847. The summed E-state index contributed by atoms with van der Waals surface area (Å²) in [5.74, 6) is 0.321. The molecule has 3 heteroatoms. The van der Waals surface area contributed by atoms with Crippen molar-refractivity contribution in [2.75, 3.05) is 5.32 Å². The van der Waals surface area contributed by atoms with Crippen LogP contribution in [0, 0.1) is 0 Å². The van der Waals surface area contributed by atoms with Gasteiger partial charge in [-0.1, -0.05) is 12.1 Å². The number of phenols is 1. The molecule has 0 spiro atoms. The molecular formula is C13H15NOS. The average Bonchev–Trinajstić information content (AvgIpc) is 2.74. The van der Waals surface area contributed by atoms with Gasteiger partial charge in [0.15, 0.2) is 0 Å². The standard InChI is InChI=1S/C13H15NOS/c1-10(14-12-6-7-16-9-12)8-11-2-4-13(15)5-3-11/h2-7,9-10,14-15H,8H2,1H3. The van der Waals surface area contributed by atoms with E-state index in [4.69, 9.17) is 0 Å². The van der Waals surface area contributed by atoms with Crippen molar-refractivity contribution in [3.8, 4) is 5.75 Å². The lowest BCUT2D eigenvalue weighted by molar-refractivity contribution is 0.475. The molecule has 0 amide bonds. The number of anilines is 1. The van der Waals surface area contributed by atoms with Gasteiger partial charge in [0.1, 0.15) is 5.75 Å². The molecule has 1 aromatic carbocycles. The molecule has 0 radical (unpaired) electrons. The number of aromatic hydroxyl groups is 1. The second-order valence-corrected chi connectivity index (χ2v) is 4.71. The summed E-state index contributed by atoms with van der Waals surface area (Å²) in [5.41, 5.74) is 2.41. The van der Waals surface area contributed by atoms with Crippen LogP contribution in [0.3, 0.4) is 0 Å². The summed E-state index contributed by atoms with van der Waals surface area (Å²) >= 11 is 1.69. The maximum atomic E-state index is 9.18. The predicted octanol–water partition coefficient (Wildman–Crippen LogP) is 3.50. The number of phenolic OH excluding ortho intramolecular Hbond substituents is 1. The monoisotopic (exact) mass is 233 g/mol. The Balaban J connectivity index is 1.92. The normalized spacial score (nSPS) is 12.3. The SMILES string of the molecule is CC(Cc1ccc(O)cc1)Nc1ccsc1. The molecule has 84 valence electrons. The molecule has 1 aromatic heterocycles. The number of nitrogens with one attached hydrogen (secondary N) is 1. The summed E-state index contributed by atoms with van der Waals surface area (Å²) in [6, 6.07) is 9.85. The molecular weight excluding hydrogens is 218 g/mol. The first-order valence-corrected chi connectivity index (χ1v) is 6.25. The maximum Gasteiger partial charge on any atom is 0.115 e. The molecule has 2 rings (SSSR count). The van der Waals surface area contributed by atoms with Gasteiger partial charge in [-0.2, -0.15) is 11.3 Å². The zero-order valence-corrected chi connectivity index (χ0v) is 10.00. The second-order valence-electron chi connectivity index (χ2n) is 3.93. The van der Waals surface area contributed by atoms with Crippen LogP contribution in [0.4, 0.5) is 5.69 Å². The lowest BCUT2D eigenvalue weighted by Crippen LogP contribution is -2.17. The molecule has 1 heterocycles. The van der Waals surface area contributed by atoms with E-state index >= 15 is 0 Å². The first-order valence-electron chi connectivity index (χ1n) is 5.30. The van der Waals surface area contributed by atoms with Gasteiger partial charge in [0.05, 0.1) is 0 Å². The fourth-order valence-electron chi connectivity index (χ4n) is 1.67. The van der Waals surface area contributed by atoms with E-state index in [-0.39, 0.29) is 0 Å². The van der Waals surface area contributed by atoms with Gasteiger partial charge in [-0.05, 0) is 42.5 Å². The average molecular weight is 233 g/mol. The van der Waals surface area contributed by atoms with Crippen LogP contribution in [-0.4, -0.2) is 11.1 Å². The number of benzene rings is 1. The van der Waals surface area contributed by atoms with E-state index in [0.717, 1.165) is 6.42 Å². The van der Waals surface area contributed by atoms with Crippen LogP contribution in [-0.2, 0) is 6.42 Å². The van der Waals surface area contributed by atoms with Gasteiger partial charge in [0.25, 0.3) is 0 Å². The van der Waals surface area contributed by atoms with Gasteiger partial charge >= 0.3 is 0 Å². The van der Waals surface area contributed by atoms with Gasteiger partial charge in [-0.25, -0.2) is 0 Å². The Hall–Kier alpha value is -1.48. The van der Waals surface area contributed by atoms with E-state index in [0.29, 0.717) is 11.8 Å². The number of hydrogen-bond acceptors (Lipinski definition) is 3. The summed E-state index contributed by atoms with van der Waals surface area (Å²) < 4.78 is 0. The third kappa shape index (κ3) is 3.00. The summed E-state index contributed by atoms with van der Waals surface area (Å²) in [4.78, 5) is 0. The zero-order chi connectivity index (χ0) is 11.4. The van der Waals surface area contributed by atoms with Crippen molar-refractivity contribution in [3.63, 3.8) is 0 Å². The van der Waals surface area contributed by atoms with E-state index < -0.39 is 0 Å². The van der Waals surface area contributed by atoms with Gasteiger partial charge in [0.2, 0.25) is 0 Å². The van der Waals surface area contributed by atoms with E-state index in [2.05, 4.69) is 29.1 Å². The number of thiophene rings is 1. The minimum absolute atomic E-state index is 0.321. The highest BCUT2D eigenvalue weighted by Crippen LogP contribution is 2.16. The Morgan fingerprint density at radius 2 is 2.00 bits per heavy atom. The predicted molar refractivity (Wildman–Crippen MR) is 69.2 cm³/mol. The Morgan fingerprint density at radius 3 is 2.62 bits per heavy atom. The first-order chi connectivity index (χ1) is 7.74. The van der Waals surface area contributed by atoms with Crippen LogP contribution in [0.2, 0.25) is 0 Å². The summed E-state index contributed by atoms with van der Waals surface area (Å²) in [7, 11) is 0. The van der Waals surface area contributed by atoms with Crippen LogP contribution in [0.15, 0.2) is 41.1 Å². The third-order valence-corrected chi connectivity index (χ3v) is 3.10. The van der Waals surface area contributed by atoms with E-state index in [1.165, 1.54) is 11.3 Å². The van der Waals surface area contributed by atoms with Gasteiger partial charge in [-0.3, -0.25) is 0 Å². The van der Waals surface area contributed by atoms with Crippen molar-refractivity contribution in [2.24, 2.45) is 0 Å². The zero-order valence-electron chi connectivity index (χ0n) is 9.18. The van der Waals surface area contributed by atoms with Crippen LogP contribution < -0.4 is 5.32 Å². The highest BCUT2D eigenvalue weighted by atomic mass is 32.1. The second kappa shape index (κ2) is 5.03. The highest BCUT2D eigenvalue weighted by Gasteiger charge is 2.03. The molecule has 2 nitrogen and oxygen atoms in total. The Kier molecular flexibility index (Phi) is 3.47. The summed E-state index contributed by atoms with van der Waals surface area (Å²) in [5, 5.41) is 16.8. The lowest BCUT2D eigenvalue weighted by atomic mass is 10.1. The number of rotatable bonds is 4. The molecule has 0 bridgehead atoms. The fourth-order valence-corrected chi connectivity index (χ4v) is 2.26. The Labute approximate surface area is 99.6 Å². The molecule has 0 fully saturated rings. The fraction of sp³-hybridized carbons (Fsp3) is 0.231. The highest BCUT2D eigenvalue weighted by molar-refractivity contribution is 7.08. The third-order valence-electron chi connectivity index (χ3n) is 2.41. The van der Waals surface area contributed by atoms with Crippen LogP contribution >= 0.6 is 11.3 Å². The van der Waals surface area contributed by atoms with Crippen molar-refractivity contribution in [1.29, 1.82) is 0 Å². The Bertz CT molecular complexity index is 422. The van der Waals surface area contributed by atoms with E-state index in [9.17, 15) is 5.11 Å². The first kappa shape index (κ1) is 11.0. The molecule has 0 aliphatic carbocycles. The van der Waals surface area contributed by atoms with Crippen molar-refractivity contribution in [3.05, 3.63) is 46.7 Å². The van der Waals surface area contributed by atoms with Crippen molar-refractivity contribution >= 4 is 17.0 Å². The van der Waals surface area contributed by atoms with Crippen molar-refractivity contribution in [1.82, 2.24) is 0 Å². The largest absolute Gasteiger partial charge is 0.508 e. The van der Waals surface area contributed by atoms with Crippen molar-refractivity contribution < 1.29 is 5.11 Å². The number of hydrogen-bond donors (Lipinski definition) is 2. The molecule has 1 atom stereocenters. The molecule has 0 saturated carbocycles. The lowest BCUT2D eigenvalue weighted by Gasteiger charge is -2.13. The van der Waals surface area contributed by atoms with Crippen molar-refractivity contribution in [2.45, 2.75) is 19.4 Å². The summed E-state index contributed by atoms with van der Waals surface area (Å²) in [6.45, 7) is 2.16. The minimum Gasteiger partial charge on any atom is -0.508 e. The van der Waals surface area contributed by atoms with Crippen LogP contribution in [0.1, 0.15) is 12.5 Å². The van der Waals surface area contributed by atoms with Gasteiger partial charge in [0, 0.05) is 17.1 Å². The molecule has 16 heavy (non-hydrogen) atoms. The van der Waals surface area contributed by atoms with Crippen LogP contribution in [0.5, 0.6) is 5.75 Å². The molecule has 0 saturated heterocycles. The smallest absolute Gasteiger partial charge is 0.115 e. The maximum absolute atomic E-state index is 9.18. The van der Waals surface area contributed by atoms with Crippen LogP contribution in [0.25, 0.3) is 0 Å². The molecule has 0 aliphatic heterocycles. The molecule has 1 unspecified atom stereocenters. The molecule has 0 aliphatic rings. The summed E-state index contributed by atoms with van der Waals surface area (Å²) in [6.07, 6.45) is 0.954. The topological polar surface area (TPSA) is 32.3 Å². The van der Waals surface area contributed by atoms with Gasteiger partial charge < -0.3 is 10.4 Å². The Morgan fingerprint density at radius 1 is 1.25 bits per heavy atom.